The highest BCUT2D eigenvalue weighted by molar-refractivity contribution is 5.61. The minimum absolute atomic E-state index is 0.249. The van der Waals surface area contributed by atoms with Gasteiger partial charge in [-0.25, -0.2) is 0 Å². The van der Waals surface area contributed by atoms with Crippen molar-refractivity contribution in [2.75, 3.05) is 24.6 Å². The third kappa shape index (κ3) is 2.51. The van der Waals surface area contributed by atoms with E-state index in [4.69, 9.17) is 0 Å². The summed E-state index contributed by atoms with van der Waals surface area (Å²) in [6.45, 7) is 4.78. The van der Waals surface area contributed by atoms with E-state index in [1.807, 2.05) is 0 Å². The van der Waals surface area contributed by atoms with Gasteiger partial charge in [-0.15, -0.1) is 0 Å². The first-order valence-electron chi connectivity index (χ1n) is 7.77. The summed E-state index contributed by atoms with van der Waals surface area (Å²) in [6.07, 6.45) is 6.83. The SMILES string of the molecule is CC(CO)c1cccc2c1CCN2CC1CCCC1. The van der Waals surface area contributed by atoms with Crippen LogP contribution in [-0.4, -0.2) is 24.8 Å². The summed E-state index contributed by atoms with van der Waals surface area (Å²) >= 11 is 0. The summed E-state index contributed by atoms with van der Waals surface area (Å²) in [7, 11) is 0. The predicted octanol–water partition coefficient (Wildman–Crippen LogP) is 3.34. The molecule has 0 spiro atoms. The maximum Gasteiger partial charge on any atom is 0.0497 e. The van der Waals surface area contributed by atoms with Gasteiger partial charge in [0.15, 0.2) is 0 Å². The topological polar surface area (TPSA) is 23.5 Å². The molecule has 1 atom stereocenters. The second-order valence-electron chi connectivity index (χ2n) is 6.28. The molecule has 19 heavy (non-hydrogen) atoms. The Kier molecular flexibility index (Phi) is 3.79. The molecule has 1 aromatic carbocycles. The zero-order valence-electron chi connectivity index (χ0n) is 11.9. The average Bonchev–Trinajstić information content (AvgIpc) is 3.08. The van der Waals surface area contributed by atoms with Crippen LogP contribution in [-0.2, 0) is 6.42 Å². The molecule has 1 heterocycles. The highest BCUT2D eigenvalue weighted by Crippen LogP contribution is 2.36. The van der Waals surface area contributed by atoms with E-state index in [2.05, 4.69) is 30.0 Å². The van der Waals surface area contributed by atoms with Crippen molar-refractivity contribution in [2.24, 2.45) is 5.92 Å². The number of benzene rings is 1. The molecule has 1 aliphatic carbocycles. The Hall–Kier alpha value is -1.02. The normalized spacial score (nSPS) is 20.8. The average molecular weight is 259 g/mol. The maximum absolute atomic E-state index is 9.40. The van der Waals surface area contributed by atoms with E-state index in [9.17, 15) is 5.11 Å². The number of aliphatic hydroxyl groups is 1. The van der Waals surface area contributed by atoms with Gasteiger partial charge in [-0.2, -0.15) is 0 Å². The number of hydrogen-bond donors (Lipinski definition) is 1. The molecule has 0 amide bonds. The first-order chi connectivity index (χ1) is 9.29. The first-order valence-corrected chi connectivity index (χ1v) is 7.77. The number of fused-ring (bicyclic) bond motifs is 1. The van der Waals surface area contributed by atoms with Crippen molar-refractivity contribution in [1.29, 1.82) is 0 Å². The second-order valence-corrected chi connectivity index (χ2v) is 6.28. The van der Waals surface area contributed by atoms with Crippen LogP contribution in [0.3, 0.4) is 0 Å². The molecule has 1 N–H and O–H groups in total. The Bertz CT molecular complexity index is 437. The Labute approximate surface area is 116 Å². The lowest BCUT2D eigenvalue weighted by Gasteiger charge is -2.24. The van der Waals surface area contributed by atoms with Crippen LogP contribution in [0.1, 0.15) is 49.7 Å². The van der Waals surface area contributed by atoms with Gasteiger partial charge in [0.05, 0.1) is 0 Å². The van der Waals surface area contributed by atoms with Gasteiger partial charge < -0.3 is 10.0 Å². The van der Waals surface area contributed by atoms with E-state index < -0.39 is 0 Å². The van der Waals surface area contributed by atoms with E-state index in [0.29, 0.717) is 0 Å². The number of hydrogen-bond acceptors (Lipinski definition) is 2. The van der Waals surface area contributed by atoms with Gasteiger partial charge in [0.25, 0.3) is 0 Å². The fourth-order valence-electron chi connectivity index (χ4n) is 3.78. The van der Waals surface area contributed by atoms with Crippen LogP contribution in [0.4, 0.5) is 5.69 Å². The lowest BCUT2D eigenvalue weighted by atomic mass is 9.95. The summed E-state index contributed by atoms with van der Waals surface area (Å²) in [5.74, 6) is 1.17. The molecule has 0 bridgehead atoms. The van der Waals surface area contributed by atoms with Crippen molar-refractivity contribution in [3.63, 3.8) is 0 Å². The third-order valence-electron chi connectivity index (χ3n) is 4.92. The van der Waals surface area contributed by atoms with Crippen molar-refractivity contribution in [1.82, 2.24) is 0 Å². The molecular formula is C17H25NO. The molecular weight excluding hydrogens is 234 g/mol. The zero-order valence-corrected chi connectivity index (χ0v) is 11.9. The van der Waals surface area contributed by atoms with Gasteiger partial charge in [0.1, 0.15) is 0 Å². The van der Waals surface area contributed by atoms with Crippen LogP contribution < -0.4 is 4.90 Å². The van der Waals surface area contributed by atoms with Gasteiger partial charge in [-0.05, 0) is 42.4 Å². The Morgan fingerprint density at radius 3 is 2.84 bits per heavy atom. The molecule has 104 valence electrons. The van der Waals surface area contributed by atoms with Crippen LogP contribution in [0.15, 0.2) is 18.2 Å². The molecule has 0 saturated heterocycles. The van der Waals surface area contributed by atoms with Crippen LogP contribution >= 0.6 is 0 Å². The molecule has 0 aromatic heterocycles. The monoisotopic (exact) mass is 259 g/mol. The smallest absolute Gasteiger partial charge is 0.0497 e. The van der Waals surface area contributed by atoms with Gasteiger partial charge in [-0.3, -0.25) is 0 Å². The van der Waals surface area contributed by atoms with E-state index in [-0.39, 0.29) is 12.5 Å². The molecule has 2 aliphatic rings. The molecule has 1 fully saturated rings. The molecule has 3 rings (SSSR count). The first kappa shape index (κ1) is 13.0. The number of rotatable bonds is 4. The van der Waals surface area contributed by atoms with Gasteiger partial charge in [0, 0.05) is 31.3 Å². The summed E-state index contributed by atoms with van der Waals surface area (Å²) in [5, 5.41) is 9.40. The van der Waals surface area contributed by atoms with Crippen LogP contribution in [0.25, 0.3) is 0 Å². The minimum Gasteiger partial charge on any atom is -0.396 e. The highest BCUT2D eigenvalue weighted by Gasteiger charge is 2.26. The van der Waals surface area contributed by atoms with Crippen molar-refractivity contribution >= 4 is 5.69 Å². The third-order valence-corrected chi connectivity index (χ3v) is 4.92. The van der Waals surface area contributed by atoms with Crippen LogP contribution in [0.2, 0.25) is 0 Å². The second kappa shape index (κ2) is 5.54. The van der Waals surface area contributed by atoms with Gasteiger partial charge in [0.2, 0.25) is 0 Å². The predicted molar refractivity (Wildman–Crippen MR) is 79.8 cm³/mol. The fraction of sp³-hybridized carbons (Fsp3) is 0.647. The minimum atomic E-state index is 0.249. The number of anilines is 1. The van der Waals surface area contributed by atoms with Crippen molar-refractivity contribution in [3.05, 3.63) is 29.3 Å². The summed E-state index contributed by atoms with van der Waals surface area (Å²) in [5.41, 5.74) is 4.28. The summed E-state index contributed by atoms with van der Waals surface area (Å²) < 4.78 is 0. The fourth-order valence-corrected chi connectivity index (χ4v) is 3.78. The van der Waals surface area contributed by atoms with E-state index in [0.717, 1.165) is 12.3 Å². The highest BCUT2D eigenvalue weighted by atomic mass is 16.3. The molecule has 2 nitrogen and oxygen atoms in total. The number of aliphatic hydroxyl groups excluding tert-OH is 1. The Morgan fingerprint density at radius 2 is 2.11 bits per heavy atom. The lowest BCUT2D eigenvalue weighted by Crippen LogP contribution is -2.26. The Morgan fingerprint density at radius 1 is 1.32 bits per heavy atom. The van der Waals surface area contributed by atoms with Gasteiger partial charge >= 0.3 is 0 Å². The van der Waals surface area contributed by atoms with Crippen LogP contribution in [0.5, 0.6) is 0 Å². The molecule has 1 aliphatic heterocycles. The zero-order chi connectivity index (χ0) is 13.2. The lowest BCUT2D eigenvalue weighted by molar-refractivity contribution is 0.272. The quantitative estimate of drug-likeness (QED) is 0.896. The maximum atomic E-state index is 9.40. The summed E-state index contributed by atoms with van der Waals surface area (Å²) in [6, 6.07) is 6.62. The molecule has 1 unspecified atom stereocenters. The molecule has 1 saturated carbocycles. The van der Waals surface area contributed by atoms with Gasteiger partial charge in [-0.1, -0.05) is 31.9 Å². The largest absolute Gasteiger partial charge is 0.396 e. The summed E-state index contributed by atoms with van der Waals surface area (Å²) in [4.78, 5) is 2.58. The van der Waals surface area contributed by atoms with Crippen molar-refractivity contribution in [2.45, 2.75) is 44.9 Å². The Balaban J connectivity index is 1.80. The molecule has 2 heteroatoms. The van der Waals surface area contributed by atoms with Crippen molar-refractivity contribution in [3.8, 4) is 0 Å². The van der Waals surface area contributed by atoms with Crippen molar-refractivity contribution < 1.29 is 5.11 Å². The standard InChI is InChI=1S/C17H25NO/c1-13(12-19)15-7-4-8-17-16(15)9-10-18(17)11-14-5-2-3-6-14/h4,7-8,13-14,19H,2-3,5-6,9-12H2,1H3. The molecule has 0 radical (unpaired) electrons. The molecule has 1 aromatic rings. The van der Waals surface area contributed by atoms with E-state index in [1.54, 1.807) is 0 Å². The van der Waals surface area contributed by atoms with E-state index in [1.165, 1.54) is 55.6 Å². The van der Waals surface area contributed by atoms with E-state index >= 15 is 0 Å². The van der Waals surface area contributed by atoms with Crippen LogP contribution in [0, 0.1) is 5.92 Å². The number of nitrogens with zero attached hydrogens (tertiary/aromatic N) is 1.